The van der Waals surface area contributed by atoms with Gasteiger partial charge in [0.15, 0.2) is 0 Å². The number of aromatic nitrogens is 2. The van der Waals surface area contributed by atoms with Gasteiger partial charge >= 0.3 is 0 Å². The summed E-state index contributed by atoms with van der Waals surface area (Å²) in [6, 6.07) is 0. The van der Waals surface area contributed by atoms with E-state index in [-0.39, 0.29) is 0 Å². The minimum absolute atomic E-state index is 0.603. The molecular formula is C10H14N2O2. The third-order valence-corrected chi connectivity index (χ3v) is 2.35. The molecule has 0 saturated carbocycles. The third kappa shape index (κ3) is 2.67. The number of nitrogens with zero attached hydrogens (tertiary/aromatic N) is 2. The molecule has 1 aromatic heterocycles. The minimum Gasteiger partial charge on any atom is -0.476 e. The lowest BCUT2D eigenvalue weighted by molar-refractivity contribution is 0.0490. The maximum atomic E-state index is 5.52. The molecule has 0 atom stereocenters. The summed E-state index contributed by atoms with van der Waals surface area (Å²) in [5.41, 5.74) is 0. The van der Waals surface area contributed by atoms with E-state index in [0.717, 1.165) is 32.7 Å². The highest BCUT2D eigenvalue weighted by molar-refractivity contribution is 5.01. The van der Waals surface area contributed by atoms with Gasteiger partial charge in [0.2, 0.25) is 5.88 Å². The first-order valence-electron chi connectivity index (χ1n) is 4.92. The molecule has 76 valence electrons. The normalized spacial score (nSPS) is 18.0. The molecule has 0 N–H and O–H groups in total. The van der Waals surface area contributed by atoms with Gasteiger partial charge < -0.3 is 9.47 Å². The van der Waals surface area contributed by atoms with E-state index in [0.29, 0.717) is 11.8 Å². The van der Waals surface area contributed by atoms with Crippen molar-refractivity contribution in [3.63, 3.8) is 0 Å². The summed E-state index contributed by atoms with van der Waals surface area (Å²) in [5, 5.41) is 0. The molecule has 14 heavy (non-hydrogen) atoms. The Morgan fingerprint density at radius 1 is 1.36 bits per heavy atom. The van der Waals surface area contributed by atoms with Crippen LogP contribution in [0, 0.1) is 5.92 Å². The van der Waals surface area contributed by atoms with Crippen LogP contribution in [0.25, 0.3) is 0 Å². The van der Waals surface area contributed by atoms with Crippen LogP contribution in [0.15, 0.2) is 18.6 Å². The zero-order valence-electron chi connectivity index (χ0n) is 8.06. The molecule has 1 aliphatic rings. The zero-order chi connectivity index (χ0) is 9.64. The average molecular weight is 194 g/mol. The smallest absolute Gasteiger partial charge is 0.232 e. The fourth-order valence-electron chi connectivity index (χ4n) is 1.48. The molecule has 1 aromatic rings. The van der Waals surface area contributed by atoms with Crippen molar-refractivity contribution in [1.29, 1.82) is 0 Å². The number of ether oxygens (including phenoxy) is 2. The van der Waals surface area contributed by atoms with Gasteiger partial charge in [0.25, 0.3) is 0 Å². The monoisotopic (exact) mass is 194 g/mol. The van der Waals surface area contributed by atoms with Crippen LogP contribution >= 0.6 is 0 Å². The van der Waals surface area contributed by atoms with Crippen LogP contribution < -0.4 is 4.74 Å². The Labute approximate surface area is 83.3 Å². The van der Waals surface area contributed by atoms with Crippen LogP contribution in [0.3, 0.4) is 0 Å². The van der Waals surface area contributed by atoms with E-state index in [2.05, 4.69) is 9.97 Å². The van der Waals surface area contributed by atoms with E-state index >= 15 is 0 Å². The van der Waals surface area contributed by atoms with E-state index in [9.17, 15) is 0 Å². The first kappa shape index (κ1) is 9.40. The maximum Gasteiger partial charge on any atom is 0.232 e. The highest BCUT2D eigenvalue weighted by atomic mass is 16.5. The number of hydrogen-bond acceptors (Lipinski definition) is 4. The molecule has 0 radical (unpaired) electrons. The molecule has 0 aliphatic carbocycles. The van der Waals surface area contributed by atoms with Crippen LogP contribution in [0.4, 0.5) is 0 Å². The molecule has 0 aromatic carbocycles. The summed E-state index contributed by atoms with van der Waals surface area (Å²) in [6.07, 6.45) is 7.08. The van der Waals surface area contributed by atoms with Gasteiger partial charge in [0, 0.05) is 25.6 Å². The SMILES string of the molecule is c1cnc(OCC2CCOCC2)cn1. The quantitative estimate of drug-likeness (QED) is 0.727. The molecule has 0 spiro atoms. The van der Waals surface area contributed by atoms with Crippen LogP contribution in [0.2, 0.25) is 0 Å². The van der Waals surface area contributed by atoms with Gasteiger partial charge in [0.05, 0.1) is 12.8 Å². The van der Waals surface area contributed by atoms with Gasteiger partial charge in [-0.2, -0.15) is 0 Å². The summed E-state index contributed by atoms with van der Waals surface area (Å²) in [4.78, 5) is 7.98. The van der Waals surface area contributed by atoms with Crippen LogP contribution in [0.1, 0.15) is 12.8 Å². The van der Waals surface area contributed by atoms with Gasteiger partial charge in [-0.1, -0.05) is 0 Å². The molecular weight excluding hydrogens is 180 g/mol. The van der Waals surface area contributed by atoms with E-state index in [1.165, 1.54) is 0 Å². The Bertz CT molecular complexity index is 260. The molecule has 0 amide bonds. The van der Waals surface area contributed by atoms with Gasteiger partial charge in [-0.05, 0) is 18.8 Å². The molecule has 4 heteroatoms. The maximum absolute atomic E-state index is 5.52. The molecule has 2 heterocycles. The lowest BCUT2D eigenvalue weighted by Crippen LogP contribution is -2.21. The van der Waals surface area contributed by atoms with Crippen molar-refractivity contribution >= 4 is 0 Å². The lowest BCUT2D eigenvalue weighted by atomic mass is 10.0. The average Bonchev–Trinajstić information content (AvgIpc) is 2.29. The molecule has 1 fully saturated rings. The van der Waals surface area contributed by atoms with Crippen molar-refractivity contribution in [2.45, 2.75) is 12.8 Å². The fourth-order valence-corrected chi connectivity index (χ4v) is 1.48. The van der Waals surface area contributed by atoms with Gasteiger partial charge in [-0.3, -0.25) is 4.98 Å². The third-order valence-electron chi connectivity index (χ3n) is 2.35. The van der Waals surface area contributed by atoms with Crippen LogP contribution in [-0.4, -0.2) is 29.8 Å². The molecule has 1 saturated heterocycles. The van der Waals surface area contributed by atoms with E-state index in [4.69, 9.17) is 9.47 Å². The van der Waals surface area contributed by atoms with Crippen molar-refractivity contribution < 1.29 is 9.47 Å². The molecule has 4 nitrogen and oxygen atoms in total. The van der Waals surface area contributed by atoms with Crippen LogP contribution in [-0.2, 0) is 4.74 Å². The standard InChI is InChI=1S/C10H14N2O2/c1-5-13-6-2-9(1)8-14-10-7-11-3-4-12-10/h3-4,7,9H,1-2,5-6,8H2. The number of hydrogen-bond donors (Lipinski definition) is 0. The van der Waals surface area contributed by atoms with Crippen LogP contribution in [0.5, 0.6) is 5.88 Å². The first-order valence-corrected chi connectivity index (χ1v) is 4.92. The topological polar surface area (TPSA) is 44.2 Å². The van der Waals surface area contributed by atoms with E-state index in [1.54, 1.807) is 18.6 Å². The second-order valence-corrected chi connectivity index (χ2v) is 3.41. The highest BCUT2D eigenvalue weighted by Crippen LogP contribution is 2.15. The van der Waals surface area contributed by atoms with Gasteiger partial charge in [0.1, 0.15) is 0 Å². The van der Waals surface area contributed by atoms with E-state index in [1.807, 2.05) is 0 Å². The first-order chi connectivity index (χ1) is 6.95. The predicted octanol–water partition coefficient (Wildman–Crippen LogP) is 1.28. The lowest BCUT2D eigenvalue weighted by Gasteiger charge is -2.21. The minimum atomic E-state index is 0.603. The van der Waals surface area contributed by atoms with Gasteiger partial charge in [-0.25, -0.2) is 4.98 Å². The molecule has 1 aliphatic heterocycles. The summed E-state index contributed by atoms with van der Waals surface area (Å²) < 4.78 is 10.8. The number of rotatable bonds is 3. The van der Waals surface area contributed by atoms with Crippen molar-refractivity contribution in [2.24, 2.45) is 5.92 Å². The highest BCUT2D eigenvalue weighted by Gasteiger charge is 2.14. The Morgan fingerprint density at radius 2 is 2.21 bits per heavy atom. The largest absolute Gasteiger partial charge is 0.476 e. The van der Waals surface area contributed by atoms with E-state index < -0.39 is 0 Å². The Morgan fingerprint density at radius 3 is 2.93 bits per heavy atom. The van der Waals surface area contributed by atoms with Crippen molar-refractivity contribution in [3.8, 4) is 5.88 Å². The second kappa shape index (κ2) is 4.91. The zero-order valence-corrected chi connectivity index (χ0v) is 8.06. The summed E-state index contributed by atoms with van der Waals surface area (Å²) in [5.74, 6) is 1.21. The Hall–Kier alpha value is -1.16. The summed E-state index contributed by atoms with van der Waals surface area (Å²) >= 11 is 0. The molecule has 2 rings (SSSR count). The second-order valence-electron chi connectivity index (χ2n) is 3.41. The Balaban J connectivity index is 1.76. The van der Waals surface area contributed by atoms with Crippen molar-refractivity contribution in [1.82, 2.24) is 9.97 Å². The summed E-state index contributed by atoms with van der Waals surface area (Å²) in [6.45, 7) is 2.44. The Kier molecular flexibility index (Phi) is 3.29. The fraction of sp³-hybridized carbons (Fsp3) is 0.600. The van der Waals surface area contributed by atoms with Crippen molar-refractivity contribution in [2.75, 3.05) is 19.8 Å². The van der Waals surface area contributed by atoms with Crippen molar-refractivity contribution in [3.05, 3.63) is 18.6 Å². The molecule has 0 unspecified atom stereocenters. The summed E-state index contributed by atoms with van der Waals surface area (Å²) in [7, 11) is 0. The molecule has 0 bridgehead atoms. The van der Waals surface area contributed by atoms with Gasteiger partial charge in [-0.15, -0.1) is 0 Å². The predicted molar refractivity (Wildman–Crippen MR) is 51.1 cm³/mol.